The lowest BCUT2D eigenvalue weighted by atomic mass is 10.1. The Kier molecular flexibility index (Phi) is 8.89. The number of nitrogens with one attached hydrogen (secondary N) is 2. The van der Waals surface area contributed by atoms with E-state index in [2.05, 4.69) is 15.5 Å². The fourth-order valence-corrected chi connectivity index (χ4v) is 4.41. The zero-order valence-electron chi connectivity index (χ0n) is 22.0. The third-order valence-electron chi connectivity index (χ3n) is 6.86. The monoisotopic (exact) mass is 513 g/mol. The molecule has 3 amide bonds. The highest BCUT2D eigenvalue weighted by Gasteiger charge is 2.21. The largest absolute Gasteiger partial charge is 0.348 e. The molecule has 0 atom stereocenters. The summed E-state index contributed by atoms with van der Waals surface area (Å²) in [6.07, 6.45) is 0. The zero-order chi connectivity index (χ0) is 27.1. The molecule has 0 aliphatic carbocycles. The van der Waals surface area contributed by atoms with E-state index in [-0.39, 0.29) is 17.7 Å². The standard InChI is InChI=1S/C30H35N5O3/c1-21-3-9-25(10-4-21)30(38)33-28-17-26(29(37)32-19-24-7-5-23(18-31)6-8-24)11-12-27(28)20-34-13-15-35(16-14-34)22(2)36/h3-12,17H,13-16,18-20,31H2,1-2H3,(H,32,37)(H,33,38). The molecule has 38 heavy (non-hydrogen) atoms. The van der Waals surface area contributed by atoms with Crippen LogP contribution in [0.3, 0.4) is 0 Å². The van der Waals surface area contributed by atoms with Crippen molar-refractivity contribution in [2.45, 2.75) is 33.5 Å². The van der Waals surface area contributed by atoms with Crippen molar-refractivity contribution in [3.05, 3.63) is 100 Å². The first-order chi connectivity index (χ1) is 18.3. The Bertz CT molecular complexity index is 1280. The van der Waals surface area contributed by atoms with Crippen LogP contribution in [0.5, 0.6) is 0 Å². The van der Waals surface area contributed by atoms with Gasteiger partial charge < -0.3 is 21.3 Å². The number of anilines is 1. The van der Waals surface area contributed by atoms with Crippen LogP contribution in [0.4, 0.5) is 5.69 Å². The molecule has 1 saturated heterocycles. The average molecular weight is 514 g/mol. The van der Waals surface area contributed by atoms with Crippen molar-refractivity contribution in [3.8, 4) is 0 Å². The minimum Gasteiger partial charge on any atom is -0.348 e. The van der Waals surface area contributed by atoms with Crippen molar-refractivity contribution in [2.24, 2.45) is 5.73 Å². The molecule has 8 heteroatoms. The molecule has 198 valence electrons. The van der Waals surface area contributed by atoms with Gasteiger partial charge >= 0.3 is 0 Å². The lowest BCUT2D eigenvalue weighted by Gasteiger charge is -2.34. The molecular formula is C30H35N5O3. The predicted octanol–water partition coefficient (Wildman–Crippen LogP) is 3.30. The molecule has 0 saturated carbocycles. The normalized spacial score (nSPS) is 13.7. The number of hydrogen-bond acceptors (Lipinski definition) is 5. The van der Waals surface area contributed by atoms with Gasteiger partial charge in [0.15, 0.2) is 0 Å². The fourth-order valence-electron chi connectivity index (χ4n) is 4.41. The van der Waals surface area contributed by atoms with Gasteiger partial charge in [0.25, 0.3) is 11.8 Å². The molecule has 1 heterocycles. The molecule has 0 aromatic heterocycles. The molecule has 4 N–H and O–H groups in total. The summed E-state index contributed by atoms with van der Waals surface area (Å²) in [5.41, 5.74) is 11.3. The van der Waals surface area contributed by atoms with Gasteiger partial charge in [-0.1, -0.05) is 48.0 Å². The molecule has 1 aliphatic rings. The van der Waals surface area contributed by atoms with Crippen LogP contribution in [0.15, 0.2) is 66.7 Å². The lowest BCUT2D eigenvalue weighted by molar-refractivity contribution is -0.130. The van der Waals surface area contributed by atoms with Crippen LogP contribution in [0.2, 0.25) is 0 Å². The second kappa shape index (κ2) is 12.5. The third kappa shape index (κ3) is 7.06. The van der Waals surface area contributed by atoms with Crippen LogP contribution in [-0.4, -0.2) is 53.7 Å². The average Bonchev–Trinajstić information content (AvgIpc) is 2.93. The summed E-state index contributed by atoms with van der Waals surface area (Å²) < 4.78 is 0. The van der Waals surface area contributed by atoms with Crippen LogP contribution in [0.1, 0.15) is 49.9 Å². The van der Waals surface area contributed by atoms with E-state index in [0.717, 1.165) is 35.3 Å². The summed E-state index contributed by atoms with van der Waals surface area (Å²) in [7, 11) is 0. The Morgan fingerprint density at radius 2 is 1.45 bits per heavy atom. The maximum Gasteiger partial charge on any atom is 0.255 e. The first kappa shape index (κ1) is 27.0. The van der Waals surface area contributed by atoms with Crippen LogP contribution in [0.25, 0.3) is 0 Å². The summed E-state index contributed by atoms with van der Waals surface area (Å²) in [5, 5.41) is 5.98. The molecule has 4 rings (SSSR count). The van der Waals surface area contributed by atoms with Crippen molar-refractivity contribution in [3.63, 3.8) is 0 Å². The Balaban J connectivity index is 1.50. The lowest BCUT2D eigenvalue weighted by Crippen LogP contribution is -2.47. The van der Waals surface area contributed by atoms with Gasteiger partial charge in [0.1, 0.15) is 0 Å². The number of benzene rings is 3. The minimum atomic E-state index is -0.231. The molecule has 3 aromatic carbocycles. The summed E-state index contributed by atoms with van der Waals surface area (Å²) >= 11 is 0. The van der Waals surface area contributed by atoms with E-state index in [0.29, 0.717) is 49.5 Å². The second-order valence-corrected chi connectivity index (χ2v) is 9.68. The quantitative estimate of drug-likeness (QED) is 0.428. The molecule has 0 spiro atoms. The number of carbonyl (C=O) groups excluding carboxylic acids is 3. The van der Waals surface area contributed by atoms with E-state index in [1.807, 2.05) is 54.3 Å². The van der Waals surface area contributed by atoms with Crippen LogP contribution in [-0.2, 0) is 24.4 Å². The number of amides is 3. The van der Waals surface area contributed by atoms with E-state index in [9.17, 15) is 14.4 Å². The molecule has 3 aromatic rings. The molecule has 1 fully saturated rings. The Morgan fingerprint density at radius 1 is 0.816 bits per heavy atom. The predicted molar refractivity (Wildman–Crippen MR) is 149 cm³/mol. The van der Waals surface area contributed by atoms with Crippen molar-refractivity contribution < 1.29 is 14.4 Å². The highest BCUT2D eigenvalue weighted by molar-refractivity contribution is 6.05. The zero-order valence-corrected chi connectivity index (χ0v) is 22.0. The summed E-state index contributed by atoms with van der Waals surface area (Å²) in [6.45, 7) is 7.87. The Hall–Kier alpha value is -4.01. The van der Waals surface area contributed by atoms with Crippen molar-refractivity contribution in [2.75, 3.05) is 31.5 Å². The van der Waals surface area contributed by atoms with E-state index in [1.165, 1.54) is 0 Å². The minimum absolute atomic E-state index is 0.0846. The summed E-state index contributed by atoms with van der Waals surface area (Å²) in [4.78, 5) is 41.8. The van der Waals surface area contributed by atoms with Crippen LogP contribution in [0, 0.1) is 6.92 Å². The number of rotatable bonds is 8. The van der Waals surface area contributed by atoms with Crippen molar-refractivity contribution in [1.82, 2.24) is 15.1 Å². The molecule has 0 unspecified atom stereocenters. The highest BCUT2D eigenvalue weighted by Crippen LogP contribution is 2.22. The molecule has 0 bridgehead atoms. The second-order valence-electron chi connectivity index (χ2n) is 9.68. The highest BCUT2D eigenvalue weighted by atomic mass is 16.2. The summed E-state index contributed by atoms with van der Waals surface area (Å²) in [6, 6.07) is 20.6. The topological polar surface area (TPSA) is 108 Å². The van der Waals surface area contributed by atoms with Gasteiger partial charge in [-0.15, -0.1) is 0 Å². The van der Waals surface area contributed by atoms with Gasteiger partial charge in [-0.05, 0) is 47.9 Å². The number of nitrogens with zero attached hydrogens (tertiary/aromatic N) is 2. The number of carbonyl (C=O) groups is 3. The van der Waals surface area contributed by atoms with E-state index in [1.54, 1.807) is 31.2 Å². The van der Waals surface area contributed by atoms with Gasteiger partial charge in [0, 0.05) is 69.6 Å². The number of nitrogens with two attached hydrogens (primary N) is 1. The Labute approximate surface area is 223 Å². The van der Waals surface area contributed by atoms with Crippen LogP contribution < -0.4 is 16.4 Å². The first-order valence-electron chi connectivity index (χ1n) is 12.9. The molecule has 8 nitrogen and oxygen atoms in total. The molecular weight excluding hydrogens is 478 g/mol. The maximum absolute atomic E-state index is 13.1. The molecule has 1 aliphatic heterocycles. The van der Waals surface area contributed by atoms with E-state index < -0.39 is 0 Å². The maximum atomic E-state index is 13.1. The molecule has 0 radical (unpaired) electrons. The summed E-state index contributed by atoms with van der Waals surface area (Å²) in [5.74, 6) is -0.369. The smallest absolute Gasteiger partial charge is 0.255 e. The van der Waals surface area contributed by atoms with Gasteiger partial charge in [-0.25, -0.2) is 0 Å². The van der Waals surface area contributed by atoms with E-state index in [4.69, 9.17) is 5.73 Å². The van der Waals surface area contributed by atoms with Gasteiger partial charge in [-0.2, -0.15) is 0 Å². The van der Waals surface area contributed by atoms with Crippen molar-refractivity contribution >= 4 is 23.4 Å². The van der Waals surface area contributed by atoms with Crippen LogP contribution >= 0.6 is 0 Å². The Morgan fingerprint density at radius 3 is 2.08 bits per heavy atom. The van der Waals surface area contributed by atoms with Gasteiger partial charge in [-0.3, -0.25) is 19.3 Å². The van der Waals surface area contributed by atoms with E-state index >= 15 is 0 Å². The number of aryl methyl sites for hydroxylation is 1. The number of hydrogen-bond donors (Lipinski definition) is 3. The number of piperazine rings is 1. The first-order valence-corrected chi connectivity index (χ1v) is 12.9. The van der Waals surface area contributed by atoms with Gasteiger partial charge in [0.05, 0.1) is 0 Å². The third-order valence-corrected chi connectivity index (χ3v) is 6.86. The SMILES string of the molecule is CC(=O)N1CCN(Cc2ccc(C(=O)NCc3ccc(CN)cc3)cc2NC(=O)c2ccc(C)cc2)CC1. The van der Waals surface area contributed by atoms with Crippen molar-refractivity contribution in [1.29, 1.82) is 0 Å². The van der Waals surface area contributed by atoms with Gasteiger partial charge in [0.2, 0.25) is 5.91 Å². The fraction of sp³-hybridized carbons (Fsp3) is 0.300.